The zero-order chi connectivity index (χ0) is 19.2. The summed E-state index contributed by atoms with van der Waals surface area (Å²) in [4.78, 5) is 2.49. The van der Waals surface area contributed by atoms with Crippen molar-refractivity contribution in [1.82, 2.24) is 5.32 Å². The molecule has 3 rings (SSSR count). The summed E-state index contributed by atoms with van der Waals surface area (Å²) in [6, 6.07) is 17.5. The minimum absolute atomic E-state index is 0.162. The van der Waals surface area contributed by atoms with Crippen molar-refractivity contribution in [2.45, 2.75) is 46.1 Å². The van der Waals surface area contributed by atoms with Gasteiger partial charge in [-0.2, -0.15) is 0 Å². The number of aryl methyl sites for hydroxylation is 1. The third kappa shape index (κ3) is 5.46. The van der Waals surface area contributed by atoms with Crippen molar-refractivity contribution in [3.63, 3.8) is 0 Å². The van der Waals surface area contributed by atoms with Crippen molar-refractivity contribution < 1.29 is 0 Å². The third-order valence-corrected chi connectivity index (χ3v) is 5.73. The number of thiocarbonyl (C=S) groups is 1. The second-order valence-electron chi connectivity index (χ2n) is 7.63. The van der Waals surface area contributed by atoms with Crippen LogP contribution in [0, 0.1) is 5.92 Å². The highest BCUT2D eigenvalue weighted by Crippen LogP contribution is 2.24. The fraction of sp³-hybridized carbons (Fsp3) is 0.435. The number of hydrogen-bond donors (Lipinski definition) is 2. The highest BCUT2D eigenvalue weighted by Gasteiger charge is 2.16. The van der Waals surface area contributed by atoms with Gasteiger partial charge in [0.15, 0.2) is 5.11 Å². The van der Waals surface area contributed by atoms with Crippen LogP contribution in [-0.2, 0) is 6.42 Å². The Morgan fingerprint density at radius 3 is 2.30 bits per heavy atom. The molecule has 2 N–H and O–H groups in total. The summed E-state index contributed by atoms with van der Waals surface area (Å²) in [5.74, 6) is 0.858. The van der Waals surface area contributed by atoms with E-state index in [-0.39, 0.29) is 6.04 Å². The van der Waals surface area contributed by atoms with E-state index in [1.54, 1.807) is 0 Å². The van der Waals surface area contributed by atoms with Crippen molar-refractivity contribution in [3.05, 3.63) is 59.7 Å². The summed E-state index contributed by atoms with van der Waals surface area (Å²) in [6.45, 7) is 8.99. The van der Waals surface area contributed by atoms with Gasteiger partial charge in [-0.25, -0.2) is 0 Å². The first-order valence-electron chi connectivity index (χ1n) is 10.1. The SMILES string of the molecule is CCc1ccc(NC(=S)N[C@@H](C)c2ccc(N3CCC(C)CC3)cc2)cc1. The Balaban J connectivity index is 1.53. The topological polar surface area (TPSA) is 27.3 Å². The number of rotatable bonds is 5. The Hall–Kier alpha value is -2.07. The molecule has 0 aliphatic carbocycles. The van der Waals surface area contributed by atoms with E-state index in [2.05, 4.69) is 84.8 Å². The monoisotopic (exact) mass is 381 g/mol. The van der Waals surface area contributed by atoms with Gasteiger partial charge in [0.05, 0.1) is 6.04 Å². The molecule has 4 heteroatoms. The van der Waals surface area contributed by atoms with Gasteiger partial charge >= 0.3 is 0 Å². The molecule has 1 fully saturated rings. The number of nitrogens with zero attached hydrogens (tertiary/aromatic N) is 1. The summed E-state index contributed by atoms with van der Waals surface area (Å²) >= 11 is 5.48. The van der Waals surface area contributed by atoms with E-state index in [4.69, 9.17) is 12.2 Å². The van der Waals surface area contributed by atoms with Gasteiger partial charge in [0, 0.05) is 24.5 Å². The van der Waals surface area contributed by atoms with Crippen LogP contribution in [0.4, 0.5) is 11.4 Å². The second kappa shape index (κ2) is 9.23. The van der Waals surface area contributed by atoms with Crippen LogP contribution in [0.3, 0.4) is 0 Å². The maximum absolute atomic E-state index is 5.48. The maximum atomic E-state index is 5.48. The molecule has 1 atom stereocenters. The van der Waals surface area contributed by atoms with Crippen molar-refractivity contribution >= 4 is 28.7 Å². The minimum Gasteiger partial charge on any atom is -0.372 e. The number of anilines is 2. The first kappa shape index (κ1) is 19.7. The molecule has 0 unspecified atom stereocenters. The number of benzene rings is 2. The number of piperidine rings is 1. The highest BCUT2D eigenvalue weighted by atomic mass is 32.1. The molecule has 0 bridgehead atoms. The van der Waals surface area contributed by atoms with Crippen LogP contribution in [0.15, 0.2) is 48.5 Å². The fourth-order valence-electron chi connectivity index (χ4n) is 3.51. The Morgan fingerprint density at radius 2 is 1.70 bits per heavy atom. The molecular formula is C23H31N3S. The van der Waals surface area contributed by atoms with Crippen LogP contribution in [0.25, 0.3) is 0 Å². The van der Waals surface area contributed by atoms with E-state index < -0.39 is 0 Å². The molecule has 1 aliphatic rings. The second-order valence-corrected chi connectivity index (χ2v) is 8.04. The van der Waals surface area contributed by atoms with E-state index in [0.717, 1.165) is 18.0 Å². The van der Waals surface area contributed by atoms with Gasteiger partial charge in [-0.1, -0.05) is 38.1 Å². The molecule has 1 saturated heterocycles. The Bertz CT molecular complexity index is 731. The van der Waals surface area contributed by atoms with E-state index in [1.807, 2.05) is 0 Å². The molecule has 3 nitrogen and oxygen atoms in total. The summed E-state index contributed by atoms with van der Waals surface area (Å²) in [5, 5.41) is 7.31. The quantitative estimate of drug-likeness (QED) is 0.666. The molecule has 0 amide bonds. The lowest BCUT2D eigenvalue weighted by Gasteiger charge is -2.32. The largest absolute Gasteiger partial charge is 0.372 e. The van der Waals surface area contributed by atoms with Crippen LogP contribution in [0.2, 0.25) is 0 Å². The lowest BCUT2D eigenvalue weighted by molar-refractivity contribution is 0.438. The average Bonchev–Trinajstić information content (AvgIpc) is 2.69. The molecule has 27 heavy (non-hydrogen) atoms. The molecule has 144 valence electrons. The number of hydrogen-bond acceptors (Lipinski definition) is 2. The summed E-state index contributed by atoms with van der Waals surface area (Å²) < 4.78 is 0. The van der Waals surface area contributed by atoms with Gasteiger partial charge in [-0.05, 0) is 79.7 Å². The van der Waals surface area contributed by atoms with Crippen molar-refractivity contribution in [2.75, 3.05) is 23.3 Å². The normalized spacial score (nSPS) is 16.0. The highest BCUT2D eigenvalue weighted by molar-refractivity contribution is 7.80. The molecule has 0 spiro atoms. The average molecular weight is 382 g/mol. The van der Waals surface area contributed by atoms with E-state index in [0.29, 0.717) is 5.11 Å². The van der Waals surface area contributed by atoms with Crippen molar-refractivity contribution in [3.8, 4) is 0 Å². The van der Waals surface area contributed by atoms with Crippen LogP contribution in [-0.4, -0.2) is 18.2 Å². The molecule has 0 aromatic heterocycles. The van der Waals surface area contributed by atoms with E-state index in [9.17, 15) is 0 Å². The first-order valence-corrected chi connectivity index (χ1v) is 10.5. The minimum atomic E-state index is 0.162. The summed E-state index contributed by atoms with van der Waals surface area (Å²) in [6.07, 6.45) is 3.63. The van der Waals surface area contributed by atoms with Crippen molar-refractivity contribution in [1.29, 1.82) is 0 Å². The van der Waals surface area contributed by atoms with Crippen molar-refractivity contribution in [2.24, 2.45) is 5.92 Å². The van der Waals surface area contributed by atoms with Gasteiger partial charge in [0.2, 0.25) is 0 Å². The molecule has 0 saturated carbocycles. The van der Waals surface area contributed by atoms with Gasteiger partial charge < -0.3 is 15.5 Å². The predicted octanol–water partition coefficient (Wildman–Crippen LogP) is 5.53. The first-order chi connectivity index (χ1) is 13.0. The van der Waals surface area contributed by atoms with Gasteiger partial charge in [0.1, 0.15) is 0 Å². The van der Waals surface area contributed by atoms with Crippen LogP contribution < -0.4 is 15.5 Å². The van der Waals surface area contributed by atoms with Gasteiger partial charge in [0.25, 0.3) is 0 Å². The zero-order valence-electron chi connectivity index (χ0n) is 16.7. The van der Waals surface area contributed by atoms with Crippen LogP contribution in [0.1, 0.15) is 50.8 Å². The standard InChI is InChI=1S/C23H31N3S/c1-4-19-5-9-21(10-6-19)25-23(27)24-18(3)20-7-11-22(12-8-20)26-15-13-17(2)14-16-26/h5-12,17-18H,4,13-16H2,1-3H3,(H2,24,25,27)/t18-/m0/s1. The molecule has 0 radical (unpaired) electrons. The molecule has 1 heterocycles. The summed E-state index contributed by atoms with van der Waals surface area (Å²) in [7, 11) is 0. The molecular weight excluding hydrogens is 350 g/mol. The zero-order valence-corrected chi connectivity index (χ0v) is 17.5. The third-order valence-electron chi connectivity index (χ3n) is 5.51. The Kier molecular flexibility index (Phi) is 6.73. The maximum Gasteiger partial charge on any atom is 0.171 e. The molecule has 1 aliphatic heterocycles. The summed E-state index contributed by atoms with van der Waals surface area (Å²) in [5.41, 5.74) is 4.92. The van der Waals surface area contributed by atoms with E-state index >= 15 is 0 Å². The van der Waals surface area contributed by atoms with Crippen LogP contribution in [0.5, 0.6) is 0 Å². The van der Waals surface area contributed by atoms with Gasteiger partial charge in [-0.3, -0.25) is 0 Å². The molecule has 2 aromatic carbocycles. The predicted molar refractivity (Wildman–Crippen MR) is 121 cm³/mol. The molecule has 2 aromatic rings. The number of nitrogens with one attached hydrogen (secondary N) is 2. The fourth-order valence-corrected chi connectivity index (χ4v) is 3.81. The van der Waals surface area contributed by atoms with E-state index in [1.165, 1.54) is 42.7 Å². The van der Waals surface area contributed by atoms with Crippen LogP contribution >= 0.6 is 12.2 Å². The van der Waals surface area contributed by atoms with Gasteiger partial charge in [-0.15, -0.1) is 0 Å². The smallest absolute Gasteiger partial charge is 0.171 e. The Labute approximate surface area is 169 Å². The lowest BCUT2D eigenvalue weighted by Crippen LogP contribution is -2.33. The Morgan fingerprint density at radius 1 is 1.07 bits per heavy atom. The lowest BCUT2D eigenvalue weighted by atomic mass is 9.98.